The molecule has 0 amide bonds. The van der Waals surface area contributed by atoms with Crippen LogP contribution in [-0.4, -0.2) is 54.1 Å². The van der Waals surface area contributed by atoms with E-state index < -0.39 is 6.16 Å². The zero-order valence-corrected chi connectivity index (χ0v) is 26.9. The highest BCUT2D eigenvalue weighted by atomic mass is 35.5. The topological polar surface area (TPSA) is 106 Å². The molecular weight excluding hydrogens is 630 g/mol. The molecule has 1 aliphatic rings. The largest absolute Gasteiger partial charge is 0.512 e. The summed E-state index contributed by atoms with van der Waals surface area (Å²) in [5.74, 6) is 1.72. The summed E-state index contributed by atoms with van der Waals surface area (Å²) in [7, 11) is 0. The second kappa shape index (κ2) is 14.3. The number of aryl methyl sites for hydroxylation is 1. The maximum atomic E-state index is 11.7. The lowest BCUT2D eigenvalue weighted by Gasteiger charge is -2.28. The summed E-state index contributed by atoms with van der Waals surface area (Å²) >= 11 is 6.75. The molecule has 2 N–H and O–H groups in total. The molecule has 1 saturated heterocycles. The van der Waals surface area contributed by atoms with Gasteiger partial charge in [0.15, 0.2) is 0 Å². The molecule has 0 radical (unpaired) electrons. The Labute approximate surface area is 282 Å². The van der Waals surface area contributed by atoms with E-state index in [1.807, 2.05) is 66.7 Å². The maximum absolute atomic E-state index is 11.7. The van der Waals surface area contributed by atoms with Crippen LogP contribution in [0.1, 0.15) is 17.5 Å². The van der Waals surface area contributed by atoms with Crippen molar-refractivity contribution < 1.29 is 28.8 Å². The van der Waals surface area contributed by atoms with Crippen molar-refractivity contribution in [3.05, 3.63) is 113 Å². The number of carbonyl (C=O) groups is 1. The van der Waals surface area contributed by atoms with Crippen molar-refractivity contribution in [3.63, 3.8) is 0 Å². The number of para-hydroxylation sites is 1. The molecule has 2 aromatic heterocycles. The smallest absolute Gasteiger partial charge is 0.493 e. The summed E-state index contributed by atoms with van der Waals surface area (Å²) in [5.41, 5.74) is 4.87. The lowest BCUT2D eigenvalue weighted by atomic mass is 9.98. The van der Waals surface area contributed by atoms with Crippen molar-refractivity contribution in [3.8, 4) is 28.5 Å². The Morgan fingerprint density at radius 3 is 2.52 bits per heavy atom. The Bertz CT molecular complexity index is 2050. The summed E-state index contributed by atoms with van der Waals surface area (Å²) in [6, 6.07) is 29.8. The van der Waals surface area contributed by atoms with Gasteiger partial charge in [-0.3, -0.25) is 0 Å². The summed E-state index contributed by atoms with van der Waals surface area (Å²) < 4.78 is 23.1. The fraction of sp³-hybridized carbons (Fsp3) is 0.211. The van der Waals surface area contributed by atoms with Crippen molar-refractivity contribution in [2.24, 2.45) is 0 Å². The molecule has 3 heterocycles. The van der Waals surface area contributed by atoms with Gasteiger partial charge in [-0.15, -0.1) is 0 Å². The molecule has 1 aliphatic heterocycles. The number of H-pyrrole nitrogens is 1. The first-order valence-electron chi connectivity index (χ1n) is 15.9. The number of benzene rings is 4. The first-order valence-corrected chi connectivity index (χ1v) is 16.3. The lowest BCUT2D eigenvalue weighted by Crippen LogP contribution is -2.36. The molecule has 0 bridgehead atoms. The Hall–Kier alpha value is -5.25. The number of hydrogen-bond donors (Lipinski definition) is 2. The summed E-state index contributed by atoms with van der Waals surface area (Å²) in [6.07, 6.45) is 1.41. The molecule has 0 aliphatic carbocycles. The number of nitrogens with zero attached hydrogens (tertiary/aromatic N) is 2. The Morgan fingerprint density at radius 1 is 0.917 bits per heavy atom. The lowest BCUT2D eigenvalue weighted by molar-refractivity contribution is 0.122. The molecule has 48 heavy (non-hydrogen) atoms. The molecule has 1 fully saturated rings. The third-order valence-corrected chi connectivity index (χ3v) is 8.82. The van der Waals surface area contributed by atoms with Crippen molar-refractivity contribution >= 4 is 45.1 Å². The number of hydrogen-bond acceptors (Lipinski definition) is 7. The highest BCUT2D eigenvalue weighted by molar-refractivity contribution is 6.32. The Kier molecular flexibility index (Phi) is 9.31. The standard InChI is InChI=1S/C38H34ClN3O6/c39-36-34(26(17-18-40-36)24-47-28-15-13-27(14-16-28)42-19-22-45-23-20-42)32-10-4-9-30-31(37(41-35(30)32)48-38(43)44)11-5-21-46-33-12-3-7-25-6-1-2-8-29(25)33/h1-4,6-10,12-18,41H,5,11,19-24H2,(H,43,44). The molecule has 7 rings (SSSR count). The van der Waals surface area contributed by atoms with Gasteiger partial charge in [0.2, 0.25) is 5.88 Å². The third kappa shape index (κ3) is 6.74. The van der Waals surface area contributed by atoms with Gasteiger partial charge >= 0.3 is 6.16 Å². The van der Waals surface area contributed by atoms with E-state index in [0.29, 0.717) is 35.7 Å². The van der Waals surface area contributed by atoms with E-state index in [0.717, 1.165) is 76.3 Å². The predicted octanol–water partition coefficient (Wildman–Crippen LogP) is 8.52. The number of fused-ring (bicyclic) bond motifs is 2. The van der Waals surface area contributed by atoms with Gasteiger partial charge in [0.1, 0.15) is 23.3 Å². The quantitative estimate of drug-likeness (QED) is 0.0807. The fourth-order valence-electron chi connectivity index (χ4n) is 6.25. The average Bonchev–Trinajstić information content (AvgIpc) is 3.46. The highest BCUT2D eigenvalue weighted by Gasteiger charge is 2.21. The van der Waals surface area contributed by atoms with Gasteiger partial charge in [-0.25, -0.2) is 9.78 Å². The second-order valence-corrected chi connectivity index (χ2v) is 11.8. The number of rotatable bonds is 11. The van der Waals surface area contributed by atoms with Crippen molar-refractivity contribution in [2.45, 2.75) is 19.4 Å². The van der Waals surface area contributed by atoms with Crippen LogP contribution in [0.4, 0.5) is 10.5 Å². The van der Waals surface area contributed by atoms with Gasteiger partial charge in [-0.1, -0.05) is 66.2 Å². The fourth-order valence-corrected chi connectivity index (χ4v) is 6.53. The minimum atomic E-state index is -1.40. The first-order chi connectivity index (χ1) is 23.5. The van der Waals surface area contributed by atoms with E-state index in [-0.39, 0.29) is 12.5 Å². The number of aromatic amines is 1. The van der Waals surface area contributed by atoms with Crippen molar-refractivity contribution in [2.75, 3.05) is 37.8 Å². The van der Waals surface area contributed by atoms with Crippen LogP contribution >= 0.6 is 11.6 Å². The van der Waals surface area contributed by atoms with Crippen LogP contribution in [0.2, 0.25) is 5.15 Å². The monoisotopic (exact) mass is 663 g/mol. The van der Waals surface area contributed by atoms with Crippen LogP contribution in [0.5, 0.6) is 17.4 Å². The van der Waals surface area contributed by atoms with Gasteiger partial charge < -0.3 is 33.9 Å². The Balaban J connectivity index is 1.12. The zero-order chi connectivity index (χ0) is 32.9. The van der Waals surface area contributed by atoms with Gasteiger partial charge in [0, 0.05) is 58.0 Å². The van der Waals surface area contributed by atoms with Gasteiger partial charge in [-0.2, -0.15) is 0 Å². The molecule has 10 heteroatoms. The highest BCUT2D eigenvalue weighted by Crippen LogP contribution is 2.39. The Morgan fingerprint density at radius 2 is 1.69 bits per heavy atom. The number of halogens is 1. The zero-order valence-electron chi connectivity index (χ0n) is 26.2. The van der Waals surface area contributed by atoms with Crippen LogP contribution in [0, 0.1) is 0 Å². The van der Waals surface area contributed by atoms with E-state index in [4.69, 9.17) is 30.5 Å². The normalized spacial score (nSPS) is 13.1. The van der Waals surface area contributed by atoms with E-state index in [2.05, 4.69) is 39.1 Å². The van der Waals surface area contributed by atoms with Crippen LogP contribution in [0.25, 0.3) is 32.8 Å². The minimum absolute atomic E-state index is 0.174. The van der Waals surface area contributed by atoms with Gasteiger partial charge in [0.25, 0.3) is 0 Å². The van der Waals surface area contributed by atoms with E-state index >= 15 is 0 Å². The number of carboxylic acid groups (broad SMARTS) is 1. The van der Waals surface area contributed by atoms with Crippen LogP contribution in [0.15, 0.2) is 97.2 Å². The van der Waals surface area contributed by atoms with Crippen LogP contribution < -0.4 is 19.1 Å². The predicted molar refractivity (Wildman–Crippen MR) is 187 cm³/mol. The van der Waals surface area contributed by atoms with E-state index in [1.54, 1.807) is 6.20 Å². The summed E-state index contributed by atoms with van der Waals surface area (Å²) in [6.45, 7) is 3.87. The molecule has 6 aromatic rings. The summed E-state index contributed by atoms with van der Waals surface area (Å²) in [4.78, 5) is 21.6. The number of ether oxygens (including phenoxy) is 4. The number of anilines is 1. The minimum Gasteiger partial charge on any atom is -0.493 e. The number of pyridine rings is 1. The van der Waals surface area contributed by atoms with E-state index in [9.17, 15) is 9.90 Å². The van der Waals surface area contributed by atoms with Crippen LogP contribution in [0.3, 0.4) is 0 Å². The SMILES string of the molecule is O=C(O)Oc1[nH]c2c(-c3c(COc4ccc(N5CCOCC5)cc4)ccnc3Cl)cccc2c1CCCOc1cccc2ccccc12. The molecule has 0 unspecified atom stereocenters. The molecule has 9 nitrogen and oxygen atoms in total. The molecule has 4 aromatic carbocycles. The second-order valence-electron chi connectivity index (χ2n) is 11.5. The molecule has 0 spiro atoms. The molecule has 0 saturated carbocycles. The number of morpholine rings is 1. The van der Waals surface area contributed by atoms with Crippen molar-refractivity contribution in [1.82, 2.24) is 9.97 Å². The summed E-state index contributed by atoms with van der Waals surface area (Å²) in [5, 5.41) is 12.9. The van der Waals surface area contributed by atoms with E-state index in [1.165, 1.54) is 0 Å². The maximum Gasteiger partial charge on any atom is 0.512 e. The van der Waals surface area contributed by atoms with Crippen LogP contribution in [-0.2, 0) is 17.8 Å². The number of nitrogens with one attached hydrogen (secondary N) is 1. The first kappa shape index (κ1) is 31.4. The average molecular weight is 664 g/mol. The van der Waals surface area contributed by atoms with Gasteiger partial charge in [0.05, 0.1) is 25.3 Å². The number of aromatic nitrogens is 2. The molecular formula is C38H34ClN3O6. The van der Waals surface area contributed by atoms with Crippen molar-refractivity contribution in [1.29, 1.82) is 0 Å². The van der Waals surface area contributed by atoms with Gasteiger partial charge in [-0.05, 0) is 54.6 Å². The third-order valence-electron chi connectivity index (χ3n) is 8.54. The molecule has 0 atom stereocenters. The molecule has 244 valence electrons.